The van der Waals surface area contributed by atoms with Gasteiger partial charge in [0.2, 0.25) is 5.91 Å². The Labute approximate surface area is 158 Å². The molecule has 2 aromatic heterocycles. The number of nitrogens with one attached hydrogen (secondary N) is 1. The van der Waals surface area contributed by atoms with Crippen molar-refractivity contribution in [1.29, 1.82) is 0 Å². The maximum Gasteiger partial charge on any atom is 0.227 e. The topological polar surface area (TPSA) is 46.9 Å². The number of carbonyl (C=O) groups is 1. The lowest BCUT2D eigenvalue weighted by Crippen LogP contribution is -2.20. The van der Waals surface area contributed by atoms with Gasteiger partial charge in [0.1, 0.15) is 5.82 Å². The fraction of sp³-hybridized carbons (Fsp3) is 0.130. The number of fused-ring (bicyclic) bond motifs is 1. The Balaban J connectivity index is 1.68. The molecule has 0 radical (unpaired) electrons. The van der Waals surface area contributed by atoms with Gasteiger partial charge < -0.3 is 9.88 Å². The summed E-state index contributed by atoms with van der Waals surface area (Å²) in [6.45, 7) is 1.94. The number of hydrogen-bond donors (Lipinski definition) is 1. The Kier molecular flexibility index (Phi) is 4.71. The Bertz CT molecular complexity index is 1060. The van der Waals surface area contributed by atoms with Crippen LogP contribution >= 0.6 is 0 Å². The van der Waals surface area contributed by atoms with E-state index in [4.69, 9.17) is 0 Å². The second kappa shape index (κ2) is 7.46. The normalized spacial score (nSPS) is 12.0. The molecule has 4 aromatic rings. The summed E-state index contributed by atoms with van der Waals surface area (Å²) in [6.07, 6.45) is 6.03. The number of anilines is 1. The van der Waals surface area contributed by atoms with E-state index in [1.54, 1.807) is 6.20 Å². The van der Waals surface area contributed by atoms with E-state index in [0.29, 0.717) is 12.2 Å². The summed E-state index contributed by atoms with van der Waals surface area (Å²) in [6, 6.07) is 22.2. The van der Waals surface area contributed by atoms with E-state index < -0.39 is 0 Å². The van der Waals surface area contributed by atoms with Gasteiger partial charge in [0.05, 0.1) is 12.5 Å². The SMILES string of the molecule is Cc1cccnc1NC(=O)C[C@@H](c1cccc2ccccc12)n1cccc1. The van der Waals surface area contributed by atoms with Crippen LogP contribution in [0.1, 0.15) is 23.6 Å². The first kappa shape index (κ1) is 17.0. The molecule has 4 heteroatoms. The number of rotatable bonds is 5. The van der Waals surface area contributed by atoms with Gasteiger partial charge in [0, 0.05) is 18.6 Å². The summed E-state index contributed by atoms with van der Waals surface area (Å²) in [5.74, 6) is 0.565. The second-order valence-corrected chi connectivity index (χ2v) is 6.64. The molecule has 0 aliphatic carbocycles. The van der Waals surface area contributed by atoms with Gasteiger partial charge in [-0.1, -0.05) is 48.5 Å². The Hall–Kier alpha value is -3.40. The Morgan fingerprint density at radius 2 is 1.78 bits per heavy atom. The van der Waals surface area contributed by atoms with Crippen molar-refractivity contribution in [2.75, 3.05) is 5.32 Å². The Morgan fingerprint density at radius 3 is 2.59 bits per heavy atom. The smallest absolute Gasteiger partial charge is 0.227 e. The van der Waals surface area contributed by atoms with E-state index in [0.717, 1.165) is 11.1 Å². The molecule has 2 aromatic carbocycles. The molecule has 2 heterocycles. The summed E-state index contributed by atoms with van der Waals surface area (Å²) in [5, 5.41) is 5.30. The van der Waals surface area contributed by atoms with Gasteiger partial charge in [-0.15, -0.1) is 0 Å². The zero-order valence-electron chi connectivity index (χ0n) is 15.2. The molecule has 4 rings (SSSR count). The predicted molar refractivity (Wildman–Crippen MR) is 109 cm³/mol. The summed E-state index contributed by atoms with van der Waals surface area (Å²) in [7, 11) is 0. The fourth-order valence-corrected chi connectivity index (χ4v) is 3.45. The van der Waals surface area contributed by atoms with Gasteiger partial charge in [-0.3, -0.25) is 4.79 Å². The molecule has 134 valence electrons. The van der Waals surface area contributed by atoms with Crippen molar-refractivity contribution in [3.63, 3.8) is 0 Å². The molecule has 0 fully saturated rings. The van der Waals surface area contributed by atoms with Crippen LogP contribution in [0.25, 0.3) is 10.8 Å². The van der Waals surface area contributed by atoms with Crippen LogP contribution in [0.15, 0.2) is 85.3 Å². The second-order valence-electron chi connectivity index (χ2n) is 6.64. The average Bonchev–Trinajstić information content (AvgIpc) is 3.22. The molecule has 0 aliphatic rings. The van der Waals surface area contributed by atoms with E-state index in [1.165, 1.54) is 10.8 Å². The lowest BCUT2D eigenvalue weighted by atomic mass is 9.96. The molecule has 1 atom stereocenters. The van der Waals surface area contributed by atoms with Crippen LogP contribution in [0.4, 0.5) is 5.82 Å². The van der Waals surface area contributed by atoms with Crippen molar-refractivity contribution < 1.29 is 4.79 Å². The standard InChI is InChI=1S/C23H21N3O/c1-17-8-7-13-24-23(17)25-22(27)16-21(26-14-4-5-15-26)20-12-6-10-18-9-2-3-11-19(18)20/h2-15,21H,16H2,1H3,(H,24,25,27)/t21-/m0/s1. The lowest BCUT2D eigenvalue weighted by Gasteiger charge is -2.21. The molecule has 0 spiro atoms. The fourth-order valence-electron chi connectivity index (χ4n) is 3.45. The number of amides is 1. The minimum atomic E-state index is -0.0879. The molecule has 0 aliphatic heterocycles. The summed E-state index contributed by atoms with van der Waals surface area (Å²) >= 11 is 0. The van der Waals surface area contributed by atoms with Crippen LogP contribution in [0, 0.1) is 6.92 Å². The van der Waals surface area contributed by atoms with Crippen LogP contribution in [0.5, 0.6) is 0 Å². The van der Waals surface area contributed by atoms with Crippen LogP contribution < -0.4 is 5.32 Å². The van der Waals surface area contributed by atoms with Crippen LogP contribution in [-0.4, -0.2) is 15.5 Å². The van der Waals surface area contributed by atoms with E-state index in [9.17, 15) is 4.79 Å². The molecule has 0 unspecified atom stereocenters. The maximum atomic E-state index is 12.8. The molecular weight excluding hydrogens is 334 g/mol. The first-order chi connectivity index (χ1) is 13.2. The first-order valence-corrected chi connectivity index (χ1v) is 9.04. The molecule has 1 amide bonds. The van der Waals surface area contributed by atoms with E-state index in [2.05, 4.69) is 45.2 Å². The van der Waals surface area contributed by atoms with Gasteiger partial charge in [-0.25, -0.2) is 4.98 Å². The average molecular weight is 355 g/mol. The van der Waals surface area contributed by atoms with Gasteiger partial charge in [-0.05, 0) is 47.0 Å². The van der Waals surface area contributed by atoms with Crippen molar-refractivity contribution in [3.8, 4) is 0 Å². The molecular formula is C23H21N3O. The molecule has 4 nitrogen and oxygen atoms in total. The lowest BCUT2D eigenvalue weighted by molar-refractivity contribution is -0.116. The van der Waals surface area contributed by atoms with Crippen molar-refractivity contribution in [1.82, 2.24) is 9.55 Å². The first-order valence-electron chi connectivity index (χ1n) is 9.04. The highest BCUT2D eigenvalue weighted by molar-refractivity contribution is 5.92. The van der Waals surface area contributed by atoms with Crippen LogP contribution in [-0.2, 0) is 4.79 Å². The largest absolute Gasteiger partial charge is 0.346 e. The summed E-state index contributed by atoms with van der Waals surface area (Å²) in [4.78, 5) is 17.1. The third kappa shape index (κ3) is 3.60. The molecule has 0 saturated carbocycles. The monoisotopic (exact) mass is 355 g/mol. The number of nitrogens with zero attached hydrogens (tertiary/aromatic N) is 2. The van der Waals surface area contributed by atoms with Gasteiger partial charge in [-0.2, -0.15) is 0 Å². The Morgan fingerprint density at radius 1 is 1.00 bits per heavy atom. The van der Waals surface area contributed by atoms with Crippen LogP contribution in [0.3, 0.4) is 0 Å². The zero-order valence-corrected chi connectivity index (χ0v) is 15.2. The quantitative estimate of drug-likeness (QED) is 0.550. The highest BCUT2D eigenvalue weighted by Gasteiger charge is 2.20. The van der Waals surface area contributed by atoms with E-state index in [1.807, 2.05) is 55.7 Å². The van der Waals surface area contributed by atoms with E-state index >= 15 is 0 Å². The van der Waals surface area contributed by atoms with Gasteiger partial charge >= 0.3 is 0 Å². The van der Waals surface area contributed by atoms with Crippen molar-refractivity contribution in [3.05, 3.63) is 96.4 Å². The third-order valence-corrected chi connectivity index (χ3v) is 4.82. The summed E-state index contributed by atoms with van der Waals surface area (Å²) in [5.41, 5.74) is 2.09. The van der Waals surface area contributed by atoms with Gasteiger partial charge in [0.15, 0.2) is 0 Å². The van der Waals surface area contributed by atoms with Crippen molar-refractivity contribution in [2.45, 2.75) is 19.4 Å². The minimum absolute atomic E-state index is 0.0524. The molecule has 0 bridgehead atoms. The van der Waals surface area contributed by atoms with E-state index in [-0.39, 0.29) is 11.9 Å². The number of aromatic nitrogens is 2. The van der Waals surface area contributed by atoms with Crippen LogP contribution in [0.2, 0.25) is 0 Å². The third-order valence-electron chi connectivity index (χ3n) is 4.82. The molecule has 0 saturated heterocycles. The highest BCUT2D eigenvalue weighted by Crippen LogP contribution is 2.30. The number of carbonyl (C=O) groups excluding carboxylic acids is 1. The maximum absolute atomic E-state index is 12.8. The van der Waals surface area contributed by atoms with Gasteiger partial charge in [0.25, 0.3) is 0 Å². The minimum Gasteiger partial charge on any atom is -0.346 e. The number of aryl methyl sites for hydroxylation is 1. The predicted octanol–water partition coefficient (Wildman–Crippen LogP) is 4.96. The molecule has 1 N–H and O–H groups in total. The zero-order chi connectivity index (χ0) is 18.6. The number of hydrogen-bond acceptors (Lipinski definition) is 2. The van der Waals surface area contributed by atoms with Crippen molar-refractivity contribution in [2.24, 2.45) is 0 Å². The summed E-state index contributed by atoms with van der Waals surface area (Å²) < 4.78 is 2.09. The van der Waals surface area contributed by atoms with Crippen molar-refractivity contribution >= 4 is 22.5 Å². The number of benzene rings is 2. The highest BCUT2D eigenvalue weighted by atomic mass is 16.1. The molecule has 27 heavy (non-hydrogen) atoms. The number of pyridine rings is 1.